The van der Waals surface area contributed by atoms with Crippen LogP contribution in [0.5, 0.6) is 0 Å². The molecule has 5 heterocycles. The van der Waals surface area contributed by atoms with E-state index in [1.165, 1.54) is 0 Å². The van der Waals surface area contributed by atoms with Crippen molar-refractivity contribution >= 4 is 56.6 Å². The largest absolute Gasteiger partial charge is 0.394 e. The molecular weight excluding hydrogens is 859 g/mol. The topological polar surface area (TPSA) is 198 Å². The lowest BCUT2D eigenvalue weighted by Crippen LogP contribution is -2.54. The number of hydrogen-bond acceptors (Lipinski definition) is 11. The molecule has 16 heteroatoms. The fraction of sp³-hybridized carbons (Fsp3) is 0.420. The average Bonchev–Trinajstić information content (AvgIpc) is 3.88. The van der Waals surface area contributed by atoms with Gasteiger partial charge in [-0.05, 0) is 143 Å². The highest BCUT2D eigenvalue weighted by Crippen LogP contribution is 2.49. The van der Waals surface area contributed by atoms with Crippen LogP contribution in [0, 0.1) is 18.8 Å². The lowest BCUT2D eigenvalue weighted by molar-refractivity contribution is -0.136. The lowest BCUT2D eigenvalue weighted by atomic mass is 9.82. The van der Waals surface area contributed by atoms with Crippen molar-refractivity contribution in [1.82, 2.24) is 19.4 Å². The number of aliphatic hydroxyl groups is 1. The number of likely N-dealkylation sites (tertiary alicyclic amines) is 1. The van der Waals surface area contributed by atoms with Gasteiger partial charge in [-0.3, -0.25) is 34.2 Å². The number of imide groups is 2. The van der Waals surface area contributed by atoms with E-state index in [9.17, 15) is 37.5 Å². The number of rotatable bonds is 15. The standard InChI is InChI=1S/C50H57N7O8S/c1-31-12-15-36(16-13-31)66(64,65)56-27-22-37-42(30-58)53-40-17-14-34(29-39(40)47(37)56)33-7-2-8-35(28-33)52-44(59)11-5-24-55-25-20-32(21-26-55)6-4-23-51-41-10-3-9-38-46(41)50(63)57(49(38)62)43-18-19-45(60)54-48(43)61/h2-3,7-10,12-17,28-29,32,37,42-43,47,51,53,58H,4-6,11,18-27,30H2,1H3,(H,52,59)(H,54,60,61)/t37-,42+,43?,47-/m1/s1. The number of sulfonamides is 1. The van der Waals surface area contributed by atoms with Crippen LogP contribution in [0.4, 0.5) is 17.1 Å². The minimum atomic E-state index is -3.80. The van der Waals surface area contributed by atoms with E-state index in [1.807, 2.05) is 61.5 Å². The summed E-state index contributed by atoms with van der Waals surface area (Å²) in [7, 11) is -3.80. The van der Waals surface area contributed by atoms with Crippen molar-refractivity contribution in [2.45, 2.75) is 87.7 Å². The molecule has 0 spiro atoms. The number of carbonyl (C=O) groups excluding carboxylic acids is 5. The Morgan fingerprint density at radius 1 is 0.848 bits per heavy atom. The van der Waals surface area contributed by atoms with E-state index < -0.39 is 45.7 Å². The highest BCUT2D eigenvalue weighted by molar-refractivity contribution is 7.89. The van der Waals surface area contributed by atoms with Crippen molar-refractivity contribution in [1.29, 1.82) is 0 Å². The predicted octanol–water partition coefficient (Wildman–Crippen LogP) is 5.92. The van der Waals surface area contributed by atoms with E-state index in [0.717, 1.165) is 84.6 Å². The van der Waals surface area contributed by atoms with Crippen molar-refractivity contribution in [3.63, 3.8) is 0 Å². The number of piperidine rings is 2. The van der Waals surface area contributed by atoms with Crippen LogP contribution in [-0.4, -0.2) is 109 Å². The van der Waals surface area contributed by atoms with Gasteiger partial charge in [0.15, 0.2) is 0 Å². The van der Waals surface area contributed by atoms with Crippen molar-refractivity contribution in [2.24, 2.45) is 11.8 Å². The number of benzene rings is 4. The summed E-state index contributed by atoms with van der Waals surface area (Å²) in [4.78, 5) is 67.5. The highest BCUT2D eigenvalue weighted by atomic mass is 32.2. The predicted molar refractivity (Wildman–Crippen MR) is 250 cm³/mol. The molecule has 66 heavy (non-hydrogen) atoms. The number of aliphatic hydroxyl groups excluding tert-OH is 1. The summed E-state index contributed by atoms with van der Waals surface area (Å²) in [6.07, 6.45) is 5.99. The van der Waals surface area contributed by atoms with E-state index in [1.54, 1.807) is 34.6 Å². The molecule has 9 rings (SSSR count). The van der Waals surface area contributed by atoms with Gasteiger partial charge in [0.1, 0.15) is 6.04 Å². The molecule has 1 unspecified atom stereocenters. The molecule has 0 aliphatic carbocycles. The first-order valence-corrected chi connectivity index (χ1v) is 24.6. The lowest BCUT2D eigenvalue weighted by Gasteiger charge is -2.39. The van der Waals surface area contributed by atoms with E-state index in [4.69, 9.17) is 0 Å². The number of anilines is 3. The second-order valence-electron chi connectivity index (χ2n) is 18.3. The van der Waals surface area contributed by atoms with Gasteiger partial charge in [-0.15, -0.1) is 0 Å². The molecule has 5 amide bonds. The normalized spacial score (nSPS) is 22.4. The first-order valence-electron chi connectivity index (χ1n) is 23.2. The third-order valence-corrected chi connectivity index (χ3v) is 16.0. The zero-order chi connectivity index (χ0) is 46.1. The molecule has 5 aliphatic heterocycles. The van der Waals surface area contributed by atoms with Gasteiger partial charge in [0.2, 0.25) is 27.7 Å². The van der Waals surface area contributed by atoms with Crippen molar-refractivity contribution in [3.05, 3.63) is 107 Å². The quantitative estimate of drug-likeness (QED) is 0.0701. The fourth-order valence-electron chi connectivity index (χ4n) is 10.6. The van der Waals surface area contributed by atoms with Gasteiger partial charge in [0.05, 0.1) is 34.7 Å². The number of amides is 5. The summed E-state index contributed by atoms with van der Waals surface area (Å²) in [6.45, 7) is 5.59. The highest BCUT2D eigenvalue weighted by Gasteiger charge is 2.49. The van der Waals surface area contributed by atoms with Crippen molar-refractivity contribution < 1.29 is 37.5 Å². The van der Waals surface area contributed by atoms with E-state index in [-0.39, 0.29) is 53.3 Å². The minimum absolute atomic E-state index is 0.0521. The smallest absolute Gasteiger partial charge is 0.264 e. The zero-order valence-corrected chi connectivity index (χ0v) is 37.9. The van der Waals surface area contributed by atoms with Crippen LogP contribution in [0.2, 0.25) is 0 Å². The van der Waals surface area contributed by atoms with Gasteiger partial charge in [0.25, 0.3) is 11.8 Å². The molecule has 3 fully saturated rings. The van der Waals surface area contributed by atoms with Crippen LogP contribution in [0.15, 0.2) is 89.8 Å². The van der Waals surface area contributed by atoms with Gasteiger partial charge < -0.3 is 26.0 Å². The monoisotopic (exact) mass is 915 g/mol. The summed E-state index contributed by atoms with van der Waals surface area (Å²) >= 11 is 0. The Bertz CT molecular complexity index is 2650. The van der Waals surface area contributed by atoms with Gasteiger partial charge in [0, 0.05) is 48.9 Å². The molecule has 5 N–H and O–H groups in total. The summed E-state index contributed by atoms with van der Waals surface area (Å²) in [5.74, 6) is -1.64. The molecule has 4 atom stereocenters. The molecule has 4 aromatic rings. The average molecular weight is 916 g/mol. The van der Waals surface area contributed by atoms with Crippen LogP contribution in [0.1, 0.15) is 95.7 Å². The number of nitrogens with zero attached hydrogens (tertiary/aromatic N) is 3. The molecule has 346 valence electrons. The van der Waals surface area contributed by atoms with E-state index in [2.05, 4.69) is 26.2 Å². The van der Waals surface area contributed by atoms with Crippen LogP contribution in [-0.2, 0) is 24.4 Å². The summed E-state index contributed by atoms with van der Waals surface area (Å²) in [5.41, 5.74) is 6.26. The molecule has 5 aliphatic rings. The summed E-state index contributed by atoms with van der Waals surface area (Å²) < 4.78 is 29.7. The first kappa shape index (κ1) is 45.2. The molecule has 0 aromatic heterocycles. The van der Waals surface area contributed by atoms with Gasteiger partial charge in [-0.2, -0.15) is 4.31 Å². The number of nitrogens with one attached hydrogen (secondary N) is 4. The van der Waals surface area contributed by atoms with Gasteiger partial charge in [-0.1, -0.05) is 42.0 Å². The Morgan fingerprint density at radius 2 is 1.62 bits per heavy atom. The third-order valence-electron chi connectivity index (χ3n) is 14.1. The third kappa shape index (κ3) is 9.11. The maximum Gasteiger partial charge on any atom is 0.264 e. The van der Waals surface area contributed by atoms with Crippen LogP contribution < -0.4 is 21.3 Å². The molecule has 15 nitrogen and oxygen atoms in total. The Morgan fingerprint density at radius 3 is 2.39 bits per heavy atom. The van der Waals surface area contributed by atoms with Crippen LogP contribution >= 0.6 is 0 Å². The summed E-state index contributed by atoms with van der Waals surface area (Å²) in [6, 6.07) is 24.0. The number of aryl methyl sites for hydroxylation is 1. The summed E-state index contributed by atoms with van der Waals surface area (Å²) in [5, 5.41) is 22.4. The molecule has 0 radical (unpaired) electrons. The number of carbonyl (C=O) groups is 5. The van der Waals surface area contributed by atoms with E-state index >= 15 is 0 Å². The number of fused-ring (bicyclic) bond motifs is 4. The molecule has 3 saturated heterocycles. The maximum absolute atomic E-state index is 14.0. The Kier molecular flexibility index (Phi) is 13.1. The van der Waals surface area contributed by atoms with Crippen LogP contribution in [0.3, 0.4) is 0 Å². The second-order valence-corrected chi connectivity index (χ2v) is 20.2. The van der Waals surface area contributed by atoms with Crippen molar-refractivity contribution in [2.75, 3.05) is 55.3 Å². The number of hydrogen-bond donors (Lipinski definition) is 5. The van der Waals surface area contributed by atoms with Crippen molar-refractivity contribution in [3.8, 4) is 11.1 Å². The van der Waals surface area contributed by atoms with Crippen LogP contribution in [0.25, 0.3) is 11.1 Å². The maximum atomic E-state index is 14.0. The SMILES string of the molecule is Cc1ccc(S(=O)(=O)N2CC[C@@H]3[C@H](CO)Nc4ccc(-c5cccc(NC(=O)CCCN6CCC(CCCNc7cccc8c7C(=O)N(C7CCC(=O)NC7=O)C8=O)CC6)c5)cc4[C@@H]32)cc1. The van der Waals surface area contributed by atoms with Gasteiger partial charge >= 0.3 is 0 Å². The first-order chi connectivity index (χ1) is 31.9. The van der Waals surface area contributed by atoms with E-state index in [0.29, 0.717) is 43.2 Å². The fourth-order valence-corrected chi connectivity index (χ4v) is 12.2. The minimum Gasteiger partial charge on any atom is -0.394 e. The Balaban J connectivity index is 0.731. The molecule has 4 aromatic carbocycles. The second kappa shape index (κ2) is 19.1. The Hall–Kier alpha value is -5.94. The molecular formula is C50H57N7O8S. The Labute approximate surface area is 385 Å². The molecule has 0 saturated carbocycles. The molecule has 0 bridgehead atoms. The van der Waals surface area contributed by atoms with Gasteiger partial charge in [-0.25, -0.2) is 8.42 Å². The zero-order valence-electron chi connectivity index (χ0n) is 37.1.